The van der Waals surface area contributed by atoms with Gasteiger partial charge in [0.25, 0.3) is 5.91 Å². The van der Waals surface area contributed by atoms with Crippen molar-refractivity contribution >= 4 is 34.4 Å². The van der Waals surface area contributed by atoms with E-state index in [9.17, 15) is 9.59 Å². The van der Waals surface area contributed by atoms with Gasteiger partial charge in [-0.1, -0.05) is 24.3 Å². The van der Waals surface area contributed by atoms with E-state index >= 15 is 0 Å². The van der Waals surface area contributed by atoms with E-state index in [4.69, 9.17) is 14.5 Å². The largest absolute Gasteiger partial charge is 0.462 e. The van der Waals surface area contributed by atoms with Crippen molar-refractivity contribution in [1.29, 1.82) is 0 Å². The number of amides is 1. The lowest BCUT2D eigenvalue weighted by Gasteiger charge is -2.29. The zero-order valence-corrected chi connectivity index (χ0v) is 16.6. The Balaban J connectivity index is 1.72. The first-order valence-electron chi connectivity index (χ1n) is 9.84. The Labute approximate surface area is 173 Å². The molecule has 8 nitrogen and oxygen atoms in total. The first-order chi connectivity index (χ1) is 14.7. The number of hydrogen-bond acceptors (Lipinski definition) is 7. The highest BCUT2D eigenvalue weighted by molar-refractivity contribution is 6.10. The number of anilines is 2. The van der Waals surface area contributed by atoms with Crippen LogP contribution in [0.5, 0.6) is 0 Å². The molecular formula is C22H22N4O4. The average molecular weight is 406 g/mol. The minimum atomic E-state index is -0.494. The number of para-hydroxylation sites is 3. The van der Waals surface area contributed by atoms with Crippen molar-refractivity contribution in [2.45, 2.75) is 6.92 Å². The van der Waals surface area contributed by atoms with Crippen LogP contribution in [0, 0.1) is 0 Å². The van der Waals surface area contributed by atoms with Crippen molar-refractivity contribution in [2.24, 2.45) is 0 Å². The van der Waals surface area contributed by atoms with Crippen LogP contribution in [0.25, 0.3) is 11.0 Å². The molecule has 8 heteroatoms. The monoisotopic (exact) mass is 406 g/mol. The van der Waals surface area contributed by atoms with E-state index in [2.05, 4.69) is 10.3 Å². The topological polar surface area (TPSA) is 93.6 Å². The molecule has 154 valence electrons. The molecule has 30 heavy (non-hydrogen) atoms. The molecule has 0 saturated carbocycles. The van der Waals surface area contributed by atoms with E-state index in [-0.39, 0.29) is 17.9 Å². The molecule has 0 bridgehead atoms. The number of hydrogen-bond donors (Lipinski definition) is 1. The number of nitrogens with zero attached hydrogens (tertiary/aromatic N) is 3. The predicted octanol–water partition coefficient (Wildman–Crippen LogP) is 2.90. The first kappa shape index (κ1) is 19.8. The quantitative estimate of drug-likeness (QED) is 0.651. The molecule has 1 aliphatic rings. The third-order valence-electron chi connectivity index (χ3n) is 4.75. The third-order valence-corrected chi connectivity index (χ3v) is 4.75. The molecule has 2 heterocycles. The SMILES string of the molecule is CCOC(=O)c1ccccc1NC(=O)c1nc2ccccc2nc1N1CCOCC1. The highest BCUT2D eigenvalue weighted by Gasteiger charge is 2.24. The molecule has 3 aromatic rings. The van der Waals surface area contributed by atoms with Gasteiger partial charge in [0.1, 0.15) is 0 Å². The summed E-state index contributed by atoms with van der Waals surface area (Å²) >= 11 is 0. The zero-order valence-electron chi connectivity index (χ0n) is 16.6. The maximum Gasteiger partial charge on any atom is 0.340 e. The van der Waals surface area contributed by atoms with Gasteiger partial charge in [-0.15, -0.1) is 0 Å². The van der Waals surface area contributed by atoms with Gasteiger partial charge in [-0.3, -0.25) is 4.79 Å². The van der Waals surface area contributed by atoms with Crippen LogP contribution in [0.4, 0.5) is 11.5 Å². The normalized spacial score (nSPS) is 13.8. The summed E-state index contributed by atoms with van der Waals surface area (Å²) in [6.45, 7) is 4.33. The number of benzene rings is 2. The lowest BCUT2D eigenvalue weighted by Crippen LogP contribution is -2.38. The van der Waals surface area contributed by atoms with Gasteiger partial charge in [0.05, 0.1) is 42.1 Å². The fourth-order valence-corrected chi connectivity index (χ4v) is 3.30. The minimum Gasteiger partial charge on any atom is -0.462 e. The van der Waals surface area contributed by atoms with Crippen LogP contribution in [0.2, 0.25) is 0 Å². The fourth-order valence-electron chi connectivity index (χ4n) is 3.30. The molecule has 2 aromatic carbocycles. The van der Waals surface area contributed by atoms with Crippen molar-refractivity contribution < 1.29 is 19.1 Å². The molecule has 0 spiro atoms. The number of esters is 1. The van der Waals surface area contributed by atoms with Crippen molar-refractivity contribution in [2.75, 3.05) is 43.1 Å². The third kappa shape index (κ3) is 4.08. The number of fused-ring (bicyclic) bond motifs is 1. The minimum absolute atomic E-state index is 0.203. The number of nitrogens with one attached hydrogen (secondary N) is 1. The Morgan fingerprint density at radius 2 is 1.70 bits per heavy atom. The second-order valence-corrected chi connectivity index (χ2v) is 6.70. The summed E-state index contributed by atoms with van der Waals surface area (Å²) in [7, 11) is 0. The van der Waals surface area contributed by atoms with E-state index in [1.54, 1.807) is 31.2 Å². The van der Waals surface area contributed by atoms with E-state index in [1.165, 1.54) is 0 Å². The fraction of sp³-hybridized carbons (Fsp3) is 0.273. The zero-order chi connectivity index (χ0) is 20.9. The van der Waals surface area contributed by atoms with Crippen molar-refractivity contribution in [3.05, 3.63) is 59.8 Å². The van der Waals surface area contributed by atoms with Gasteiger partial charge < -0.3 is 19.7 Å². The van der Waals surface area contributed by atoms with Gasteiger partial charge in [0, 0.05) is 13.1 Å². The number of carbonyl (C=O) groups excluding carboxylic acids is 2. The Morgan fingerprint density at radius 3 is 2.43 bits per heavy atom. The highest BCUT2D eigenvalue weighted by Crippen LogP contribution is 2.24. The Kier molecular flexibility index (Phi) is 5.85. The van der Waals surface area contributed by atoms with Crippen molar-refractivity contribution in [3.63, 3.8) is 0 Å². The number of rotatable bonds is 5. The van der Waals surface area contributed by atoms with Crippen molar-refractivity contribution in [1.82, 2.24) is 9.97 Å². The maximum atomic E-state index is 13.2. The summed E-state index contributed by atoms with van der Waals surface area (Å²) < 4.78 is 10.5. The molecule has 0 aliphatic carbocycles. The summed E-state index contributed by atoms with van der Waals surface area (Å²) in [6.07, 6.45) is 0. The van der Waals surface area contributed by atoms with E-state index in [0.29, 0.717) is 48.8 Å². The molecule has 4 rings (SSSR count). The predicted molar refractivity (Wildman–Crippen MR) is 113 cm³/mol. The van der Waals surface area contributed by atoms with Gasteiger partial charge in [0.15, 0.2) is 11.5 Å². The van der Waals surface area contributed by atoms with Gasteiger partial charge in [-0.25, -0.2) is 14.8 Å². The molecule has 0 atom stereocenters. The van der Waals surface area contributed by atoms with Gasteiger partial charge >= 0.3 is 5.97 Å². The standard InChI is InChI=1S/C22H22N4O4/c1-2-30-22(28)15-7-3-4-8-16(15)25-21(27)19-20(26-11-13-29-14-12-26)24-18-10-6-5-9-17(18)23-19/h3-10H,2,11-14H2,1H3,(H,25,27). The molecule has 1 saturated heterocycles. The molecule has 0 unspecified atom stereocenters. The number of morpholine rings is 1. The molecule has 1 N–H and O–H groups in total. The van der Waals surface area contributed by atoms with Gasteiger partial charge in [0.2, 0.25) is 0 Å². The summed E-state index contributed by atoms with van der Waals surface area (Å²) in [5.74, 6) is -0.430. The number of carbonyl (C=O) groups is 2. The molecule has 1 aliphatic heterocycles. The molecular weight excluding hydrogens is 384 g/mol. The van der Waals surface area contributed by atoms with Crippen LogP contribution < -0.4 is 10.2 Å². The Bertz CT molecular complexity index is 1080. The van der Waals surface area contributed by atoms with E-state index < -0.39 is 11.9 Å². The Hall–Kier alpha value is -3.52. The van der Waals surface area contributed by atoms with Crippen LogP contribution in [-0.2, 0) is 9.47 Å². The summed E-state index contributed by atoms with van der Waals surface area (Å²) in [6, 6.07) is 14.1. The summed E-state index contributed by atoms with van der Waals surface area (Å²) in [5, 5.41) is 2.81. The molecule has 1 amide bonds. The lowest BCUT2D eigenvalue weighted by atomic mass is 10.1. The lowest BCUT2D eigenvalue weighted by molar-refractivity contribution is 0.0527. The van der Waals surface area contributed by atoms with Crippen LogP contribution in [0.3, 0.4) is 0 Å². The number of aromatic nitrogens is 2. The smallest absolute Gasteiger partial charge is 0.340 e. The maximum absolute atomic E-state index is 13.2. The van der Waals surface area contributed by atoms with Crippen LogP contribution in [-0.4, -0.2) is 54.8 Å². The van der Waals surface area contributed by atoms with Gasteiger partial charge in [-0.2, -0.15) is 0 Å². The Morgan fingerprint density at radius 1 is 1.03 bits per heavy atom. The molecule has 1 aromatic heterocycles. The van der Waals surface area contributed by atoms with E-state index in [0.717, 1.165) is 0 Å². The van der Waals surface area contributed by atoms with Crippen LogP contribution in [0.15, 0.2) is 48.5 Å². The van der Waals surface area contributed by atoms with E-state index in [1.807, 2.05) is 29.2 Å². The molecule has 0 radical (unpaired) electrons. The van der Waals surface area contributed by atoms with Crippen molar-refractivity contribution in [3.8, 4) is 0 Å². The van der Waals surface area contributed by atoms with Gasteiger partial charge in [-0.05, 0) is 31.2 Å². The second kappa shape index (κ2) is 8.87. The number of ether oxygens (including phenoxy) is 2. The first-order valence-corrected chi connectivity index (χ1v) is 9.84. The average Bonchev–Trinajstić information content (AvgIpc) is 2.79. The highest BCUT2D eigenvalue weighted by atomic mass is 16.5. The summed E-state index contributed by atoms with van der Waals surface area (Å²) in [4.78, 5) is 36.8. The van der Waals surface area contributed by atoms with Crippen LogP contribution >= 0.6 is 0 Å². The summed E-state index contributed by atoms with van der Waals surface area (Å²) in [5.41, 5.74) is 2.19. The second-order valence-electron chi connectivity index (χ2n) is 6.70. The molecule has 1 fully saturated rings. The van der Waals surface area contributed by atoms with Crippen LogP contribution in [0.1, 0.15) is 27.8 Å².